The molecule has 1 atom stereocenters. The molecule has 0 bridgehead atoms. The van der Waals surface area contributed by atoms with Crippen LogP contribution in [0.15, 0.2) is 36.4 Å². The first-order chi connectivity index (χ1) is 8.99. The molecule has 0 saturated carbocycles. The van der Waals surface area contributed by atoms with Gasteiger partial charge in [0.1, 0.15) is 17.3 Å². The van der Waals surface area contributed by atoms with Crippen molar-refractivity contribution in [2.45, 2.75) is 20.0 Å². The van der Waals surface area contributed by atoms with Crippen LogP contribution in [0.5, 0.6) is 11.5 Å². The topological polar surface area (TPSA) is 29.5 Å². The van der Waals surface area contributed by atoms with Crippen molar-refractivity contribution in [2.24, 2.45) is 0 Å². The van der Waals surface area contributed by atoms with E-state index < -0.39 is 11.9 Å². The highest BCUT2D eigenvalue weighted by atomic mass is 35.5. The second-order valence-electron chi connectivity index (χ2n) is 4.34. The largest absolute Gasteiger partial charge is 0.457 e. The molecular weight excluding hydrogens is 267 g/mol. The van der Waals surface area contributed by atoms with Crippen LogP contribution >= 0.6 is 11.6 Å². The van der Waals surface area contributed by atoms with E-state index in [1.807, 2.05) is 6.92 Å². The second-order valence-corrected chi connectivity index (χ2v) is 4.78. The van der Waals surface area contributed by atoms with Gasteiger partial charge in [-0.2, -0.15) is 0 Å². The fraction of sp³-hybridized carbons (Fsp3) is 0.200. The number of hydrogen-bond acceptors (Lipinski definition) is 2. The van der Waals surface area contributed by atoms with Gasteiger partial charge in [-0.15, -0.1) is 0 Å². The summed E-state index contributed by atoms with van der Waals surface area (Å²) in [5.41, 5.74) is 0.991. The fourth-order valence-corrected chi connectivity index (χ4v) is 2.08. The molecule has 0 aliphatic rings. The predicted molar refractivity (Wildman–Crippen MR) is 73.3 cm³/mol. The van der Waals surface area contributed by atoms with Gasteiger partial charge in [0.25, 0.3) is 0 Å². The van der Waals surface area contributed by atoms with Crippen LogP contribution in [0.3, 0.4) is 0 Å². The first-order valence-electron chi connectivity index (χ1n) is 5.89. The number of rotatable bonds is 3. The van der Waals surface area contributed by atoms with Gasteiger partial charge in [-0.1, -0.05) is 17.7 Å². The fourth-order valence-electron chi connectivity index (χ4n) is 1.86. The number of aliphatic hydroxyl groups excluding tert-OH is 1. The Balaban J connectivity index is 2.41. The smallest absolute Gasteiger partial charge is 0.136 e. The molecule has 100 valence electrons. The summed E-state index contributed by atoms with van der Waals surface area (Å²) in [5, 5.41) is 10.2. The second kappa shape index (κ2) is 5.59. The maximum Gasteiger partial charge on any atom is 0.136 e. The van der Waals surface area contributed by atoms with Gasteiger partial charge in [-0.25, -0.2) is 4.39 Å². The van der Waals surface area contributed by atoms with E-state index in [0.717, 1.165) is 5.56 Å². The third-order valence-electron chi connectivity index (χ3n) is 2.79. The Morgan fingerprint density at radius 3 is 2.58 bits per heavy atom. The van der Waals surface area contributed by atoms with E-state index >= 15 is 0 Å². The summed E-state index contributed by atoms with van der Waals surface area (Å²) in [6, 6.07) is 9.64. The molecule has 2 rings (SSSR count). The number of aryl methyl sites for hydroxylation is 1. The zero-order valence-electron chi connectivity index (χ0n) is 10.7. The van der Waals surface area contributed by atoms with Crippen LogP contribution in [0.4, 0.5) is 4.39 Å². The summed E-state index contributed by atoms with van der Waals surface area (Å²) in [6.07, 6.45) is -0.941. The number of aliphatic hydroxyl groups is 1. The van der Waals surface area contributed by atoms with Crippen LogP contribution in [0.25, 0.3) is 0 Å². The molecule has 2 nitrogen and oxygen atoms in total. The Morgan fingerprint density at radius 2 is 1.95 bits per heavy atom. The highest BCUT2D eigenvalue weighted by Crippen LogP contribution is 2.33. The van der Waals surface area contributed by atoms with Crippen molar-refractivity contribution in [1.82, 2.24) is 0 Å². The average molecular weight is 281 g/mol. The van der Waals surface area contributed by atoms with E-state index in [4.69, 9.17) is 16.3 Å². The van der Waals surface area contributed by atoms with E-state index in [-0.39, 0.29) is 5.56 Å². The summed E-state index contributed by atoms with van der Waals surface area (Å²) in [7, 11) is 0. The molecule has 1 unspecified atom stereocenters. The average Bonchev–Trinajstić information content (AvgIpc) is 2.32. The molecule has 0 radical (unpaired) electrons. The molecule has 19 heavy (non-hydrogen) atoms. The lowest BCUT2D eigenvalue weighted by Gasteiger charge is -2.15. The Kier molecular flexibility index (Phi) is 4.08. The lowest BCUT2D eigenvalue weighted by molar-refractivity contribution is 0.190. The van der Waals surface area contributed by atoms with Gasteiger partial charge in [0, 0.05) is 5.02 Å². The molecule has 0 fully saturated rings. The number of hydrogen-bond donors (Lipinski definition) is 1. The summed E-state index contributed by atoms with van der Waals surface area (Å²) in [4.78, 5) is 0. The normalized spacial score (nSPS) is 12.3. The number of ether oxygens (including phenoxy) is 1. The van der Waals surface area contributed by atoms with Crippen molar-refractivity contribution in [3.05, 3.63) is 58.4 Å². The van der Waals surface area contributed by atoms with Gasteiger partial charge < -0.3 is 9.84 Å². The summed E-state index contributed by atoms with van der Waals surface area (Å²) in [5.74, 6) is 0.399. The van der Waals surface area contributed by atoms with Crippen LogP contribution in [0.2, 0.25) is 5.02 Å². The maximum absolute atomic E-state index is 13.7. The predicted octanol–water partition coefficient (Wildman–Crippen LogP) is 4.63. The summed E-state index contributed by atoms with van der Waals surface area (Å²) in [6.45, 7) is 3.35. The van der Waals surface area contributed by atoms with Gasteiger partial charge in [-0.05, 0) is 49.7 Å². The monoisotopic (exact) mass is 280 g/mol. The van der Waals surface area contributed by atoms with Crippen molar-refractivity contribution in [3.8, 4) is 11.5 Å². The van der Waals surface area contributed by atoms with E-state index in [0.29, 0.717) is 16.5 Å². The highest BCUT2D eigenvalue weighted by Gasteiger charge is 2.15. The number of benzene rings is 2. The van der Waals surface area contributed by atoms with Crippen LogP contribution < -0.4 is 4.74 Å². The van der Waals surface area contributed by atoms with Crippen molar-refractivity contribution >= 4 is 11.6 Å². The molecule has 1 N–H and O–H groups in total. The Hall–Kier alpha value is -1.58. The van der Waals surface area contributed by atoms with Crippen molar-refractivity contribution in [3.63, 3.8) is 0 Å². The molecule has 2 aromatic rings. The molecule has 0 aromatic heterocycles. The highest BCUT2D eigenvalue weighted by molar-refractivity contribution is 6.30. The molecule has 0 amide bonds. The van der Waals surface area contributed by atoms with Crippen LogP contribution in [0, 0.1) is 12.7 Å². The third kappa shape index (κ3) is 3.06. The lowest BCUT2D eigenvalue weighted by Crippen LogP contribution is -2.00. The molecule has 0 aliphatic heterocycles. The molecule has 0 spiro atoms. The molecule has 4 heteroatoms. The van der Waals surface area contributed by atoms with Crippen LogP contribution in [-0.2, 0) is 0 Å². The summed E-state index contributed by atoms with van der Waals surface area (Å²) >= 11 is 5.87. The standard InChI is InChI=1S/C15H14ClFO2/c1-9-8-11(16)6-7-13(9)19-14-5-3-4-12(17)15(14)10(2)18/h3-8,10,18H,1-2H3. The van der Waals surface area contributed by atoms with E-state index in [1.54, 1.807) is 30.3 Å². The zero-order valence-corrected chi connectivity index (χ0v) is 11.4. The zero-order chi connectivity index (χ0) is 14.0. The summed E-state index contributed by atoms with van der Waals surface area (Å²) < 4.78 is 19.4. The van der Waals surface area contributed by atoms with E-state index in [9.17, 15) is 9.50 Å². The minimum Gasteiger partial charge on any atom is -0.457 e. The van der Waals surface area contributed by atoms with Crippen LogP contribution in [-0.4, -0.2) is 5.11 Å². The SMILES string of the molecule is Cc1cc(Cl)ccc1Oc1cccc(F)c1C(C)O. The van der Waals surface area contributed by atoms with Crippen LogP contribution in [0.1, 0.15) is 24.2 Å². The molecule has 0 saturated heterocycles. The quantitative estimate of drug-likeness (QED) is 0.888. The van der Waals surface area contributed by atoms with Crippen molar-refractivity contribution in [2.75, 3.05) is 0 Å². The maximum atomic E-state index is 13.7. The van der Waals surface area contributed by atoms with E-state index in [1.165, 1.54) is 13.0 Å². The minimum absolute atomic E-state index is 0.150. The molecular formula is C15H14ClFO2. The minimum atomic E-state index is -0.941. The first-order valence-corrected chi connectivity index (χ1v) is 6.27. The third-order valence-corrected chi connectivity index (χ3v) is 3.02. The van der Waals surface area contributed by atoms with Gasteiger partial charge in [0.05, 0.1) is 11.7 Å². The van der Waals surface area contributed by atoms with Crippen molar-refractivity contribution in [1.29, 1.82) is 0 Å². The van der Waals surface area contributed by atoms with Gasteiger partial charge in [-0.3, -0.25) is 0 Å². The van der Waals surface area contributed by atoms with Gasteiger partial charge >= 0.3 is 0 Å². The molecule has 0 aliphatic carbocycles. The number of halogens is 2. The Labute approximate surface area is 116 Å². The Morgan fingerprint density at radius 1 is 1.21 bits per heavy atom. The molecule has 0 heterocycles. The van der Waals surface area contributed by atoms with Gasteiger partial charge in [0.2, 0.25) is 0 Å². The molecule has 2 aromatic carbocycles. The lowest BCUT2D eigenvalue weighted by atomic mass is 10.1. The van der Waals surface area contributed by atoms with Gasteiger partial charge in [0.15, 0.2) is 0 Å². The Bertz CT molecular complexity index is 597. The first kappa shape index (κ1) is 13.8. The van der Waals surface area contributed by atoms with E-state index in [2.05, 4.69) is 0 Å². The van der Waals surface area contributed by atoms with Crippen molar-refractivity contribution < 1.29 is 14.2 Å².